The fourth-order valence-corrected chi connectivity index (χ4v) is 5.15. The summed E-state index contributed by atoms with van der Waals surface area (Å²) in [6.07, 6.45) is 3.14. The van der Waals surface area contributed by atoms with E-state index >= 15 is 0 Å². The van der Waals surface area contributed by atoms with Crippen molar-refractivity contribution < 1.29 is 27.4 Å². The quantitative estimate of drug-likeness (QED) is 0.574. The number of piperazine rings is 1. The third-order valence-corrected chi connectivity index (χ3v) is 7.67. The van der Waals surface area contributed by atoms with E-state index in [9.17, 15) is 13.2 Å². The predicted molar refractivity (Wildman–Crippen MR) is 126 cm³/mol. The molecule has 1 aliphatic rings. The van der Waals surface area contributed by atoms with E-state index in [1.807, 2.05) is 19.9 Å². The Balaban J connectivity index is 1.67. The van der Waals surface area contributed by atoms with Crippen molar-refractivity contribution in [1.29, 1.82) is 0 Å². The number of amides is 1. The third-order valence-electron chi connectivity index (χ3n) is 5.77. The average Bonchev–Trinajstić information content (AvgIpc) is 2.83. The number of carbonyl (C=O) groups is 1. The highest BCUT2D eigenvalue weighted by Gasteiger charge is 2.29. The molecular formula is C24H30N2O6S. The summed E-state index contributed by atoms with van der Waals surface area (Å²) in [5.74, 6) is 1.28. The van der Waals surface area contributed by atoms with E-state index in [4.69, 9.17) is 14.2 Å². The zero-order valence-electron chi connectivity index (χ0n) is 19.6. The molecule has 0 radical (unpaired) electrons. The van der Waals surface area contributed by atoms with Gasteiger partial charge in [0.15, 0.2) is 11.5 Å². The molecule has 2 aromatic carbocycles. The van der Waals surface area contributed by atoms with Gasteiger partial charge in [0.2, 0.25) is 21.7 Å². The van der Waals surface area contributed by atoms with Gasteiger partial charge in [-0.25, -0.2) is 8.42 Å². The van der Waals surface area contributed by atoms with Crippen molar-refractivity contribution in [3.8, 4) is 17.2 Å². The van der Waals surface area contributed by atoms with Crippen LogP contribution in [-0.4, -0.2) is 71.0 Å². The second-order valence-corrected chi connectivity index (χ2v) is 9.71. The third kappa shape index (κ3) is 5.31. The van der Waals surface area contributed by atoms with Gasteiger partial charge in [0.05, 0.1) is 26.2 Å². The van der Waals surface area contributed by atoms with Crippen molar-refractivity contribution in [1.82, 2.24) is 9.21 Å². The Labute approximate surface area is 195 Å². The number of carbonyl (C=O) groups excluding carboxylic acids is 1. The van der Waals surface area contributed by atoms with Crippen LogP contribution in [0.15, 0.2) is 41.3 Å². The van der Waals surface area contributed by atoms with Crippen molar-refractivity contribution >= 4 is 22.0 Å². The van der Waals surface area contributed by atoms with Gasteiger partial charge in [-0.15, -0.1) is 0 Å². The van der Waals surface area contributed by atoms with Crippen LogP contribution in [0.3, 0.4) is 0 Å². The fourth-order valence-electron chi connectivity index (χ4n) is 3.64. The average molecular weight is 475 g/mol. The molecule has 0 atom stereocenters. The SMILES string of the molecule is COc1cc(/C=C/C(=O)N2CCN(S(=O)(=O)c3ccc(C)c(C)c3)CC2)cc(OC)c1OC. The maximum Gasteiger partial charge on any atom is 0.246 e. The summed E-state index contributed by atoms with van der Waals surface area (Å²) in [7, 11) is 0.995. The summed E-state index contributed by atoms with van der Waals surface area (Å²) in [5, 5.41) is 0. The molecule has 178 valence electrons. The highest BCUT2D eigenvalue weighted by Crippen LogP contribution is 2.38. The molecular weight excluding hydrogens is 444 g/mol. The minimum Gasteiger partial charge on any atom is -0.493 e. The van der Waals surface area contributed by atoms with Gasteiger partial charge in [-0.2, -0.15) is 4.31 Å². The summed E-state index contributed by atoms with van der Waals surface area (Å²) in [4.78, 5) is 14.6. The topological polar surface area (TPSA) is 85.4 Å². The first-order valence-corrected chi connectivity index (χ1v) is 12.0. The van der Waals surface area contributed by atoms with Gasteiger partial charge in [-0.05, 0) is 60.9 Å². The lowest BCUT2D eigenvalue weighted by molar-refractivity contribution is -0.127. The van der Waals surface area contributed by atoms with Crippen LogP contribution < -0.4 is 14.2 Å². The van der Waals surface area contributed by atoms with Crippen molar-refractivity contribution in [3.63, 3.8) is 0 Å². The maximum atomic E-state index is 13.0. The summed E-state index contributed by atoms with van der Waals surface area (Å²) in [5.41, 5.74) is 2.69. The Kier molecular flexibility index (Phi) is 7.65. The van der Waals surface area contributed by atoms with Crippen LogP contribution in [0, 0.1) is 13.8 Å². The van der Waals surface area contributed by atoms with E-state index in [1.54, 1.807) is 35.2 Å². The largest absolute Gasteiger partial charge is 0.493 e. The molecule has 0 bridgehead atoms. The molecule has 1 heterocycles. The van der Waals surface area contributed by atoms with Crippen LogP contribution in [0.4, 0.5) is 0 Å². The fraction of sp³-hybridized carbons (Fsp3) is 0.375. The number of benzene rings is 2. The first-order valence-electron chi connectivity index (χ1n) is 10.6. The monoisotopic (exact) mass is 474 g/mol. The first kappa shape index (κ1) is 24.6. The van der Waals surface area contributed by atoms with Crippen molar-refractivity contribution in [3.05, 3.63) is 53.1 Å². The van der Waals surface area contributed by atoms with E-state index in [0.717, 1.165) is 11.1 Å². The molecule has 9 heteroatoms. The van der Waals surface area contributed by atoms with Gasteiger partial charge in [-0.3, -0.25) is 4.79 Å². The Bertz CT molecular complexity index is 1130. The van der Waals surface area contributed by atoms with Crippen LogP contribution in [0.2, 0.25) is 0 Å². The van der Waals surface area contributed by atoms with Gasteiger partial charge < -0.3 is 19.1 Å². The first-order chi connectivity index (χ1) is 15.7. The van der Waals surface area contributed by atoms with Crippen LogP contribution in [0.5, 0.6) is 17.2 Å². The van der Waals surface area contributed by atoms with Crippen molar-refractivity contribution in [2.24, 2.45) is 0 Å². The van der Waals surface area contributed by atoms with Crippen LogP contribution in [-0.2, 0) is 14.8 Å². The zero-order chi connectivity index (χ0) is 24.2. The van der Waals surface area contributed by atoms with E-state index in [0.29, 0.717) is 35.9 Å². The van der Waals surface area contributed by atoms with Gasteiger partial charge in [0.25, 0.3) is 0 Å². The zero-order valence-corrected chi connectivity index (χ0v) is 20.4. The molecule has 8 nitrogen and oxygen atoms in total. The van der Waals surface area contributed by atoms with E-state index in [1.165, 1.54) is 31.7 Å². The predicted octanol–water partition coefficient (Wildman–Crippen LogP) is 2.88. The lowest BCUT2D eigenvalue weighted by atomic mass is 10.1. The minimum atomic E-state index is -3.59. The number of sulfonamides is 1. The molecule has 0 spiro atoms. The lowest BCUT2D eigenvalue weighted by Crippen LogP contribution is -2.50. The molecule has 33 heavy (non-hydrogen) atoms. The van der Waals surface area contributed by atoms with Gasteiger partial charge in [-0.1, -0.05) is 6.07 Å². The van der Waals surface area contributed by atoms with Gasteiger partial charge >= 0.3 is 0 Å². The number of hydrogen-bond donors (Lipinski definition) is 0. The second kappa shape index (κ2) is 10.3. The molecule has 1 amide bonds. The molecule has 0 aliphatic carbocycles. The molecule has 0 unspecified atom stereocenters. The molecule has 2 aromatic rings. The summed E-state index contributed by atoms with van der Waals surface area (Å²) < 4.78 is 43.4. The van der Waals surface area contributed by atoms with Crippen molar-refractivity contribution in [2.75, 3.05) is 47.5 Å². The number of rotatable bonds is 7. The van der Waals surface area contributed by atoms with E-state index in [-0.39, 0.29) is 23.9 Å². The highest BCUT2D eigenvalue weighted by molar-refractivity contribution is 7.89. The Morgan fingerprint density at radius 2 is 1.48 bits per heavy atom. The molecule has 1 saturated heterocycles. The Hall–Kier alpha value is -3.04. The van der Waals surface area contributed by atoms with Crippen LogP contribution >= 0.6 is 0 Å². The van der Waals surface area contributed by atoms with E-state index < -0.39 is 10.0 Å². The molecule has 1 aliphatic heterocycles. The Morgan fingerprint density at radius 1 is 0.879 bits per heavy atom. The number of methoxy groups -OCH3 is 3. The lowest BCUT2D eigenvalue weighted by Gasteiger charge is -2.33. The molecule has 0 aromatic heterocycles. The van der Waals surface area contributed by atoms with E-state index in [2.05, 4.69) is 0 Å². The molecule has 3 rings (SSSR count). The summed E-state index contributed by atoms with van der Waals surface area (Å²) >= 11 is 0. The number of aryl methyl sites for hydroxylation is 2. The normalized spacial score (nSPS) is 15.0. The second-order valence-electron chi connectivity index (χ2n) is 7.77. The standard InChI is InChI=1S/C24H30N2O6S/c1-17-6-8-20(14-18(17)2)33(28,29)26-12-10-25(11-13-26)23(27)9-7-19-15-21(30-3)24(32-5)22(16-19)31-4/h6-9,14-16H,10-13H2,1-5H3/b9-7+. The van der Waals surface area contributed by atoms with Crippen LogP contribution in [0.1, 0.15) is 16.7 Å². The number of nitrogens with zero attached hydrogens (tertiary/aromatic N) is 2. The summed E-state index contributed by atoms with van der Waals surface area (Å²) in [6, 6.07) is 8.64. The molecule has 1 fully saturated rings. The Morgan fingerprint density at radius 3 is 2.00 bits per heavy atom. The van der Waals surface area contributed by atoms with Gasteiger partial charge in [0.1, 0.15) is 0 Å². The van der Waals surface area contributed by atoms with Gasteiger partial charge in [0, 0.05) is 32.3 Å². The van der Waals surface area contributed by atoms with Crippen molar-refractivity contribution in [2.45, 2.75) is 18.7 Å². The highest BCUT2D eigenvalue weighted by atomic mass is 32.2. The number of hydrogen-bond acceptors (Lipinski definition) is 6. The van der Waals surface area contributed by atoms with Crippen LogP contribution in [0.25, 0.3) is 6.08 Å². The molecule has 0 N–H and O–H groups in total. The number of ether oxygens (including phenoxy) is 3. The maximum absolute atomic E-state index is 13.0. The minimum absolute atomic E-state index is 0.188. The summed E-state index contributed by atoms with van der Waals surface area (Å²) in [6.45, 7) is 4.98. The smallest absolute Gasteiger partial charge is 0.246 e. The molecule has 0 saturated carbocycles.